The van der Waals surface area contributed by atoms with Crippen LogP contribution in [-0.4, -0.2) is 22.3 Å². The number of aromatic amines is 1. The summed E-state index contributed by atoms with van der Waals surface area (Å²) in [6.45, 7) is 4.94. The Morgan fingerprint density at radius 3 is 2.60 bits per heavy atom. The minimum atomic E-state index is -0.325. The highest BCUT2D eigenvalue weighted by atomic mass is 19.1. The van der Waals surface area contributed by atoms with Crippen molar-refractivity contribution >= 4 is 16.8 Å². The van der Waals surface area contributed by atoms with Crippen molar-refractivity contribution < 1.29 is 9.18 Å². The van der Waals surface area contributed by atoms with E-state index in [4.69, 9.17) is 0 Å². The van der Waals surface area contributed by atoms with Gasteiger partial charge in [0.1, 0.15) is 5.82 Å². The number of benzene rings is 2. The van der Waals surface area contributed by atoms with E-state index in [1.165, 1.54) is 23.1 Å². The van der Waals surface area contributed by atoms with E-state index in [-0.39, 0.29) is 23.7 Å². The minimum absolute atomic E-state index is 0.00583. The summed E-state index contributed by atoms with van der Waals surface area (Å²) >= 11 is 0. The molecule has 0 unspecified atom stereocenters. The molecule has 1 N–H and O–H groups in total. The largest absolute Gasteiger partial charge is 0.356 e. The van der Waals surface area contributed by atoms with Crippen LogP contribution in [0.15, 0.2) is 48.5 Å². The van der Waals surface area contributed by atoms with Gasteiger partial charge in [0.15, 0.2) is 0 Å². The summed E-state index contributed by atoms with van der Waals surface area (Å²) in [4.78, 5) is 18.5. The Labute approximate surface area is 146 Å². The van der Waals surface area contributed by atoms with Gasteiger partial charge >= 0.3 is 0 Å². The number of nitrogens with one attached hydrogen (secondary N) is 1. The fourth-order valence-corrected chi connectivity index (χ4v) is 3.95. The number of fused-ring (bicyclic) bond motifs is 3. The Kier molecular flexibility index (Phi) is 3.83. The molecule has 1 aromatic heterocycles. The number of hydrogen-bond donors (Lipinski definition) is 1. The number of H-pyrrole nitrogens is 1. The first-order chi connectivity index (χ1) is 12.1. The van der Waals surface area contributed by atoms with Crippen molar-refractivity contribution in [2.75, 3.05) is 6.54 Å². The number of amides is 1. The van der Waals surface area contributed by atoms with Crippen LogP contribution in [0.25, 0.3) is 10.9 Å². The van der Waals surface area contributed by atoms with Crippen LogP contribution in [0.1, 0.15) is 41.5 Å². The van der Waals surface area contributed by atoms with Gasteiger partial charge in [0.2, 0.25) is 0 Å². The Morgan fingerprint density at radius 2 is 1.88 bits per heavy atom. The average molecular weight is 336 g/mol. The molecule has 0 fully saturated rings. The summed E-state index contributed by atoms with van der Waals surface area (Å²) in [5.74, 6) is -0.0898. The first-order valence-electron chi connectivity index (χ1n) is 8.72. The van der Waals surface area contributed by atoms with E-state index in [1.54, 1.807) is 12.1 Å². The quantitative estimate of drug-likeness (QED) is 0.723. The Hall–Kier alpha value is -2.62. The highest BCUT2D eigenvalue weighted by molar-refractivity contribution is 5.95. The van der Waals surface area contributed by atoms with Gasteiger partial charge < -0.3 is 9.88 Å². The molecule has 2 aromatic carbocycles. The lowest BCUT2D eigenvalue weighted by Crippen LogP contribution is -2.42. The first-order valence-corrected chi connectivity index (χ1v) is 8.72. The summed E-state index contributed by atoms with van der Waals surface area (Å²) in [7, 11) is 0. The van der Waals surface area contributed by atoms with Crippen LogP contribution in [0, 0.1) is 11.7 Å². The van der Waals surface area contributed by atoms with Crippen LogP contribution in [0.3, 0.4) is 0 Å². The van der Waals surface area contributed by atoms with Gasteiger partial charge in [-0.1, -0.05) is 32.0 Å². The summed E-state index contributed by atoms with van der Waals surface area (Å²) in [6, 6.07) is 14.1. The molecule has 0 saturated carbocycles. The van der Waals surface area contributed by atoms with Gasteiger partial charge in [-0.25, -0.2) is 4.39 Å². The molecule has 0 aliphatic carbocycles. The number of aromatic nitrogens is 1. The molecule has 1 atom stereocenters. The van der Waals surface area contributed by atoms with E-state index in [1.807, 2.05) is 11.0 Å². The van der Waals surface area contributed by atoms with E-state index in [0.29, 0.717) is 12.1 Å². The van der Waals surface area contributed by atoms with E-state index < -0.39 is 0 Å². The molecule has 4 heteroatoms. The zero-order valence-corrected chi connectivity index (χ0v) is 14.4. The number of rotatable bonds is 2. The predicted octanol–water partition coefficient (Wildman–Crippen LogP) is 4.70. The summed E-state index contributed by atoms with van der Waals surface area (Å²) in [6.07, 6.45) is 0.829. The van der Waals surface area contributed by atoms with Gasteiger partial charge in [-0.05, 0) is 48.2 Å². The molecule has 25 heavy (non-hydrogen) atoms. The number of halogens is 1. The smallest absolute Gasteiger partial charge is 0.254 e. The normalized spacial score (nSPS) is 17.1. The van der Waals surface area contributed by atoms with Crippen molar-refractivity contribution in [2.24, 2.45) is 5.92 Å². The molecular weight excluding hydrogens is 315 g/mol. The molecule has 2 heterocycles. The van der Waals surface area contributed by atoms with Crippen LogP contribution < -0.4 is 0 Å². The van der Waals surface area contributed by atoms with E-state index in [2.05, 4.69) is 37.0 Å². The second-order valence-electron chi connectivity index (χ2n) is 7.01. The fraction of sp³-hybridized carbons (Fsp3) is 0.286. The Bertz CT molecular complexity index is 927. The molecule has 0 radical (unpaired) electrons. The zero-order chi connectivity index (χ0) is 17.6. The van der Waals surface area contributed by atoms with Gasteiger partial charge in [0.25, 0.3) is 5.91 Å². The van der Waals surface area contributed by atoms with E-state index in [9.17, 15) is 9.18 Å². The molecule has 0 saturated heterocycles. The van der Waals surface area contributed by atoms with Gasteiger partial charge in [-0.3, -0.25) is 4.79 Å². The van der Waals surface area contributed by atoms with Crippen LogP contribution in [0.4, 0.5) is 4.39 Å². The maximum atomic E-state index is 13.2. The van der Waals surface area contributed by atoms with Crippen molar-refractivity contribution in [1.29, 1.82) is 0 Å². The highest BCUT2D eigenvalue weighted by Crippen LogP contribution is 2.39. The van der Waals surface area contributed by atoms with Gasteiger partial charge in [0.05, 0.1) is 6.04 Å². The molecular formula is C21H21FN2O. The topological polar surface area (TPSA) is 36.1 Å². The second-order valence-corrected chi connectivity index (χ2v) is 7.01. The lowest BCUT2D eigenvalue weighted by atomic mass is 9.90. The van der Waals surface area contributed by atoms with Gasteiger partial charge in [-0.2, -0.15) is 0 Å². The monoisotopic (exact) mass is 336 g/mol. The third-order valence-corrected chi connectivity index (χ3v) is 5.06. The maximum absolute atomic E-state index is 13.2. The summed E-state index contributed by atoms with van der Waals surface area (Å²) < 4.78 is 13.2. The molecule has 0 bridgehead atoms. The zero-order valence-electron chi connectivity index (χ0n) is 14.4. The third kappa shape index (κ3) is 2.62. The van der Waals surface area contributed by atoms with Gasteiger partial charge in [0, 0.05) is 28.7 Å². The van der Waals surface area contributed by atoms with Crippen LogP contribution in [-0.2, 0) is 6.42 Å². The molecule has 3 nitrogen and oxygen atoms in total. The molecule has 1 aliphatic rings. The first kappa shape index (κ1) is 15.9. The third-order valence-electron chi connectivity index (χ3n) is 5.06. The Morgan fingerprint density at radius 1 is 1.16 bits per heavy atom. The Balaban J connectivity index is 1.77. The molecule has 1 aliphatic heterocycles. The van der Waals surface area contributed by atoms with Crippen molar-refractivity contribution in [3.05, 3.63) is 71.2 Å². The SMILES string of the molecule is CC(C)[C@@H]1c2[nH]c3ccccc3c2CCN1C(=O)c1ccc(F)cc1. The minimum Gasteiger partial charge on any atom is -0.356 e. The number of carbonyl (C=O) groups excluding carboxylic acids is 1. The molecule has 128 valence electrons. The second kappa shape index (κ2) is 6.03. The number of carbonyl (C=O) groups is 1. The number of para-hydroxylation sites is 1. The van der Waals surface area contributed by atoms with Crippen molar-refractivity contribution in [1.82, 2.24) is 9.88 Å². The van der Waals surface area contributed by atoms with Crippen LogP contribution >= 0.6 is 0 Å². The average Bonchev–Trinajstić information content (AvgIpc) is 2.99. The fourth-order valence-electron chi connectivity index (χ4n) is 3.95. The molecule has 3 aromatic rings. The standard InChI is InChI=1S/C21H21FN2O/c1-13(2)20-19-17(16-5-3-4-6-18(16)23-19)11-12-24(20)21(25)14-7-9-15(22)10-8-14/h3-10,13,20,23H,11-12H2,1-2H3/t20-/m1/s1. The predicted molar refractivity (Wildman–Crippen MR) is 97.0 cm³/mol. The lowest BCUT2D eigenvalue weighted by molar-refractivity contribution is 0.0598. The van der Waals surface area contributed by atoms with Crippen LogP contribution in [0.2, 0.25) is 0 Å². The van der Waals surface area contributed by atoms with Crippen LogP contribution in [0.5, 0.6) is 0 Å². The number of nitrogens with zero attached hydrogens (tertiary/aromatic N) is 1. The van der Waals surface area contributed by atoms with E-state index in [0.717, 1.165) is 17.6 Å². The summed E-state index contributed by atoms with van der Waals surface area (Å²) in [5.41, 5.74) is 4.11. The lowest BCUT2D eigenvalue weighted by Gasteiger charge is -2.38. The molecule has 1 amide bonds. The van der Waals surface area contributed by atoms with Crippen molar-refractivity contribution in [3.8, 4) is 0 Å². The summed E-state index contributed by atoms with van der Waals surface area (Å²) in [5, 5.41) is 1.25. The van der Waals surface area contributed by atoms with Crippen molar-refractivity contribution in [3.63, 3.8) is 0 Å². The highest BCUT2D eigenvalue weighted by Gasteiger charge is 2.35. The number of hydrogen-bond acceptors (Lipinski definition) is 1. The molecule has 4 rings (SSSR count). The van der Waals surface area contributed by atoms with E-state index >= 15 is 0 Å². The maximum Gasteiger partial charge on any atom is 0.254 e. The van der Waals surface area contributed by atoms with Crippen molar-refractivity contribution in [2.45, 2.75) is 26.3 Å². The van der Waals surface area contributed by atoms with Gasteiger partial charge in [-0.15, -0.1) is 0 Å². The molecule has 0 spiro atoms.